The van der Waals surface area contributed by atoms with E-state index in [0.717, 1.165) is 22.6 Å². The van der Waals surface area contributed by atoms with E-state index in [1.165, 1.54) is 4.68 Å². The first-order chi connectivity index (χ1) is 13.4. The van der Waals surface area contributed by atoms with Crippen LogP contribution in [0.15, 0.2) is 59.3 Å². The summed E-state index contributed by atoms with van der Waals surface area (Å²) in [7, 11) is 0. The van der Waals surface area contributed by atoms with Gasteiger partial charge in [0.25, 0.3) is 0 Å². The van der Waals surface area contributed by atoms with Gasteiger partial charge in [-0.3, -0.25) is 0 Å². The van der Waals surface area contributed by atoms with Crippen molar-refractivity contribution < 1.29 is 4.68 Å². The maximum Gasteiger partial charge on any atom is 0.335 e. The predicted molar refractivity (Wildman–Crippen MR) is 112 cm³/mol. The molecular formula is C22H16Cl2N4. The highest BCUT2D eigenvalue weighted by molar-refractivity contribution is 6.31. The Morgan fingerprint density at radius 3 is 2.25 bits per heavy atom. The zero-order valence-corrected chi connectivity index (χ0v) is 16.8. The number of hydrogen-bond donors (Lipinski definition) is 0. The van der Waals surface area contributed by atoms with Gasteiger partial charge in [-0.05, 0) is 40.4 Å². The van der Waals surface area contributed by atoms with E-state index < -0.39 is 0 Å². The fraction of sp³-hybridized carbons (Fsp3) is 0.227. The Hall–Kier alpha value is -2.70. The van der Waals surface area contributed by atoms with Crippen molar-refractivity contribution in [2.75, 3.05) is 0 Å². The molecule has 1 saturated carbocycles. The predicted octanol–water partition coefficient (Wildman–Crippen LogP) is 5.13. The lowest BCUT2D eigenvalue weighted by molar-refractivity contribution is -0.476. The maximum atomic E-state index is 9.55. The van der Waals surface area contributed by atoms with E-state index in [9.17, 15) is 10.7 Å². The molecule has 4 rings (SSSR count). The fourth-order valence-electron chi connectivity index (χ4n) is 4.14. The lowest BCUT2D eigenvalue weighted by Gasteiger charge is -2.12. The fourth-order valence-corrected chi connectivity index (χ4v) is 4.52. The Morgan fingerprint density at radius 2 is 1.68 bits per heavy atom. The smallest absolute Gasteiger partial charge is 0.335 e. The molecule has 2 aromatic rings. The molecule has 0 unspecified atom stereocenters. The van der Waals surface area contributed by atoms with Crippen LogP contribution in [0.1, 0.15) is 25.0 Å². The Balaban J connectivity index is 2.02. The second-order valence-corrected chi connectivity index (χ2v) is 8.42. The number of benzene rings is 2. The maximum absolute atomic E-state index is 9.55. The van der Waals surface area contributed by atoms with Crippen LogP contribution >= 0.6 is 23.2 Å². The standard InChI is InChI=1S/C22H16Cl2N4/c1-22(2)18-19(22)21(14-6-4-8-16(24)10-14)28(17(11-25)12-26)27-20(18)13-5-3-7-15(23)9-13/h3-10,18-19H,1-2H3/t18-,19+/m0/s1. The van der Waals surface area contributed by atoms with Crippen molar-refractivity contribution in [3.05, 3.63) is 80.8 Å². The molecule has 0 aromatic heterocycles. The average molecular weight is 407 g/mol. The molecule has 28 heavy (non-hydrogen) atoms. The van der Waals surface area contributed by atoms with Gasteiger partial charge in [-0.1, -0.05) is 55.2 Å². The van der Waals surface area contributed by atoms with E-state index in [1.54, 1.807) is 6.07 Å². The molecule has 2 aliphatic rings. The van der Waals surface area contributed by atoms with Crippen molar-refractivity contribution in [1.82, 2.24) is 0 Å². The first-order valence-electron chi connectivity index (χ1n) is 8.83. The summed E-state index contributed by atoms with van der Waals surface area (Å²) in [5.74, 6) is 2.25. The third-order valence-electron chi connectivity index (χ3n) is 5.52. The molecule has 1 aliphatic heterocycles. The van der Waals surface area contributed by atoms with Crippen molar-refractivity contribution in [2.24, 2.45) is 22.4 Å². The number of fused-ring (bicyclic) bond motifs is 1. The van der Waals surface area contributed by atoms with E-state index in [4.69, 9.17) is 28.3 Å². The zero-order chi connectivity index (χ0) is 20.1. The van der Waals surface area contributed by atoms with Crippen molar-refractivity contribution in [2.45, 2.75) is 13.8 Å². The number of allylic oxidation sites excluding steroid dienone is 1. The van der Waals surface area contributed by atoms with Crippen molar-refractivity contribution in [3.8, 4) is 6.07 Å². The van der Waals surface area contributed by atoms with Crippen molar-refractivity contribution in [1.29, 1.82) is 5.26 Å². The van der Waals surface area contributed by atoms with E-state index in [-0.39, 0.29) is 22.9 Å². The van der Waals surface area contributed by atoms with E-state index in [1.807, 2.05) is 54.4 Å². The molecule has 0 saturated heterocycles. The third-order valence-corrected chi connectivity index (χ3v) is 5.99. The van der Waals surface area contributed by atoms with Crippen molar-refractivity contribution in [3.63, 3.8) is 0 Å². The van der Waals surface area contributed by atoms with Crippen LogP contribution in [0.3, 0.4) is 0 Å². The van der Waals surface area contributed by atoms with Crippen LogP contribution in [0.2, 0.25) is 10.0 Å². The number of nitriles is 1. The Bertz CT molecular complexity index is 1150. The van der Waals surface area contributed by atoms with E-state index in [0.29, 0.717) is 10.0 Å². The quantitative estimate of drug-likeness (QED) is 0.395. The van der Waals surface area contributed by atoms with Crippen LogP contribution in [-0.2, 0) is 0 Å². The molecule has 0 bridgehead atoms. The topological polar surface area (TPSA) is 61.5 Å². The van der Waals surface area contributed by atoms with Gasteiger partial charge in [-0.25, -0.2) is 0 Å². The second kappa shape index (κ2) is 6.72. The largest absolute Gasteiger partial charge is 0.757 e. The molecule has 1 aliphatic carbocycles. The van der Waals surface area contributed by atoms with Crippen LogP contribution < -0.4 is 0 Å². The van der Waals surface area contributed by atoms with Gasteiger partial charge < -0.3 is 5.41 Å². The minimum atomic E-state index is -0.0798. The zero-order valence-electron chi connectivity index (χ0n) is 15.3. The molecule has 0 N–H and O–H groups in total. The van der Waals surface area contributed by atoms with E-state index >= 15 is 0 Å². The average Bonchev–Trinajstić information content (AvgIpc) is 3.24. The summed E-state index contributed by atoms with van der Waals surface area (Å²) in [5.41, 5.74) is 3.29. The highest BCUT2D eigenvalue weighted by Crippen LogP contribution is 2.62. The molecule has 1 heterocycles. The summed E-state index contributed by atoms with van der Waals surface area (Å²) >= 11 is 12.4. The first kappa shape index (κ1) is 18.7. The highest BCUT2D eigenvalue weighted by Gasteiger charge is 2.68. The number of hydrazone groups is 1. The summed E-state index contributed by atoms with van der Waals surface area (Å²) in [4.78, 5) is 0. The molecule has 2 atom stereocenters. The van der Waals surface area contributed by atoms with Gasteiger partial charge in [0.1, 0.15) is 5.71 Å². The summed E-state index contributed by atoms with van der Waals surface area (Å²) < 4.78 is 1.48. The van der Waals surface area contributed by atoms with Gasteiger partial charge in [-0.2, -0.15) is 11.1 Å². The van der Waals surface area contributed by atoms with Crippen LogP contribution in [-0.4, -0.2) is 22.0 Å². The Labute approximate surface area is 173 Å². The number of hydrogen-bond acceptors (Lipinski definition) is 2. The van der Waals surface area contributed by atoms with Gasteiger partial charge in [0.15, 0.2) is 6.07 Å². The minimum Gasteiger partial charge on any atom is -0.757 e. The molecule has 0 radical (unpaired) electrons. The van der Waals surface area contributed by atoms with Crippen LogP contribution in [0.25, 0.3) is 5.41 Å². The monoisotopic (exact) mass is 406 g/mol. The molecule has 1 fully saturated rings. The second-order valence-electron chi connectivity index (χ2n) is 7.55. The van der Waals surface area contributed by atoms with Gasteiger partial charge >= 0.3 is 5.70 Å². The molecule has 138 valence electrons. The normalized spacial score (nSPS) is 21.9. The van der Waals surface area contributed by atoms with Gasteiger partial charge in [0, 0.05) is 32.2 Å². The van der Waals surface area contributed by atoms with Gasteiger partial charge in [0.2, 0.25) is 5.71 Å². The molecule has 2 aromatic carbocycles. The van der Waals surface area contributed by atoms with E-state index in [2.05, 4.69) is 13.8 Å². The van der Waals surface area contributed by atoms with Gasteiger partial charge in [-0.15, -0.1) is 0 Å². The first-order valence-corrected chi connectivity index (χ1v) is 9.58. The number of rotatable bonds is 3. The van der Waals surface area contributed by atoms with Crippen molar-refractivity contribution >= 4 is 40.5 Å². The SMILES string of the molecule is CC1(C)[C@@H]2C(c3cccc(Cl)c3)=N[N+](C(=C=[N-])C#N)=C(c3cccc(Cl)c3)[C@@H]21. The molecule has 0 amide bonds. The summed E-state index contributed by atoms with van der Waals surface area (Å²) in [6.45, 7) is 4.35. The molecular weight excluding hydrogens is 391 g/mol. The summed E-state index contributed by atoms with van der Waals surface area (Å²) in [6.07, 6.45) is 0. The molecule has 6 heteroatoms. The molecule has 0 spiro atoms. The summed E-state index contributed by atoms with van der Waals surface area (Å²) in [5, 5.41) is 25.1. The number of halogens is 2. The van der Waals surface area contributed by atoms with Gasteiger partial charge in [0.05, 0.1) is 5.92 Å². The highest BCUT2D eigenvalue weighted by atomic mass is 35.5. The Morgan fingerprint density at radius 1 is 1.07 bits per heavy atom. The third kappa shape index (κ3) is 2.89. The summed E-state index contributed by atoms with van der Waals surface area (Å²) in [6, 6.07) is 16.9. The van der Waals surface area contributed by atoms with Crippen LogP contribution in [0.5, 0.6) is 0 Å². The van der Waals surface area contributed by atoms with Crippen LogP contribution in [0.4, 0.5) is 0 Å². The number of nitrogens with zero attached hydrogens (tertiary/aromatic N) is 4. The van der Waals surface area contributed by atoms with Crippen LogP contribution in [0, 0.1) is 28.6 Å². The molecule has 4 nitrogen and oxygen atoms in total. The lowest BCUT2D eigenvalue weighted by Crippen LogP contribution is -2.28. The minimum absolute atomic E-state index is 0.0735. The lowest BCUT2D eigenvalue weighted by atomic mass is 9.98. The Kier molecular flexibility index (Phi) is 4.48.